The molecule has 82 valence electrons. The highest BCUT2D eigenvalue weighted by Gasteiger charge is 2.01. The van der Waals surface area contributed by atoms with Crippen molar-refractivity contribution in [1.82, 2.24) is 4.98 Å². The molecule has 3 nitrogen and oxygen atoms in total. The van der Waals surface area contributed by atoms with Crippen molar-refractivity contribution >= 4 is 5.69 Å². The number of nitrogen functional groups attached to an aromatic ring is 1. The Morgan fingerprint density at radius 3 is 2.69 bits per heavy atom. The molecule has 1 heterocycles. The zero-order chi connectivity index (χ0) is 11.5. The van der Waals surface area contributed by atoms with E-state index in [0.717, 1.165) is 11.8 Å². The Morgan fingerprint density at radius 1 is 1.25 bits per heavy atom. The molecule has 2 N–H and O–H groups in total. The molecular formula is C12H11FN2O. The first-order valence-corrected chi connectivity index (χ1v) is 4.81. The average molecular weight is 218 g/mol. The number of aromatic nitrogens is 1. The molecule has 2 aromatic rings. The molecule has 0 aliphatic carbocycles. The summed E-state index contributed by atoms with van der Waals surface area (Å²) in [7, 11) is 0. The molecule has 0 unspecified atom stereocenters. The van der Waals surface area contributed by atoms with Gasteiger partial charge in [-0.2, -0.15) is 0 Å². The van der Waals surface area contributed by atoms with Crippen LogP contribution < -0.4 is 10.5 Å². The van der Waals surface area contributed by atoms with Crippen molar-refractivity contribution in [1.29, 1.82) is 0 Å². The van der Waals surface area contributed by atoms with Crippen LogP contribution in [0.1, 0.15) is 5.56 Å². The van der Waals surface area contributed by atoms with Gasteiger partial charge in [-0.05, 0) is 36.8 Å². The van der Waals surface area contributed by atoms with Crippen molar-refractivity contribution in [2.45, 2.75) is 6.92 Å². The molecule has 2 rings (SSSR count). The van der Waals surface area contributed by atoms with Gasteiger partial charge in [0, 0.05) is 11.8 Å². The van der Waals surface area contributed by atoms with Crippen LogP contribution in [-0.4, -0.2) is 4.98 Å². The van der Waals surface area contributed by atoms with Gasteiger partial charge in [0.05, 0.1) is 6.20 Å². The van der Waals surface area contributed by atoms with Crippen LogP contribution in [0.3, 0.4) is 0 Å². The number of pyridine rings is 1. The number of benzene rings is 1. The molecule has 0 bridgehead atoms. The summed E-state index contributed by atoms with van der Waals surface area (Å²) >= 11 is 0. The normalized spacial score (nSPS) is 10.1. The Labute approximate surface area is 92.7 Å². The van der Waals surface area contributed by atoms with Gasteiger partial charge >= 0.3 is 0 Å². The van der Waals surface area contributed by atoms with Crippen molar-refractivity contribution in [3.63, 3.8) is 0 Å². The first kappa shape index (κ1) is 10.4. The second kappa shape index (κ2) is 4.18. The largest absolute Gasteiger partial charge is 0.439 e. The zero-order valence-electron chi connectivity index (χ0n) is 8.77. The third-order valence-electron chi connectivity index (χ3n) is 2.16. The zero-order valence-corrected chi connectivity index (χ0v) is 8.77. The lowest BCUT2D eigenvalue weighted by atomic mass is 10.2. The van der Waals surface area contributed by atoms with Crippen molar-refractivity contribution in [3.8, 4) is 11.6 Å². The first-order valence-electron chi connectivity index (χ1n) is 4.81. The van der Waals surface area contributed by atoms with E-state index in [1.54, 1.807) is 18.2 Å². The molecule has 0 saturated heterocycles. The van der Waals surface area contributed by atoms with Gasteiger partial charge in [0.2, 0.25) is 5.88 Å². The second-order valence-electron chi connectivity index (χ2n) is 3.44. The number of ether oxygens (including phenoxy) is 1. The van der Waals surface area contributed by atoms with Crippen LogP contribution in [0.5, 0.6) is 11.6 Å². The number of nitrogens with two attached hydrogens (primary N) is 1. The third-order valence-corrected chi connectivity index (χ3v) is 2.16. The minimum atomic E-state index is -0.388. The van der Waals surface area contributed by atoms with Gasteiger partial charge in [0.1, 0.15) is 11.6 Å². The minimum absolute atomic E-state index is 0.352. The fourth-order valence-corrected chi connectivity index (χ4v) is 1.26. The SMILES string of the molecule is Cc1cc(Oc2ccc(F)cn2)ccc1N. The van der Waals surface area contributed by atoms with Gasteiger partial charge in [0.25, 0.3) is 0 Å². The van der Waals surface area contributed by atoms with E-state index < -0.39 is 0 Å². The molecule has 0 radical (unpaired) electrons. The van der Waals surface area contributed by atoms with Crippen LogP contribution in [0.25, 0.3) is 0 Å². The fraction of sp³-hybridized carbons (Fsp3) is 0.0833. The summed E-state index contributed by atoms with van der Waals surface area (Å²) in [6, 6.07) is 8.08. The standard InChI is InChI=1S/C12H11FN2O/c1-8-6-10(3-4-11(8)14)16-12-5-2-9(13)7-15-12/h2-7H,14H2,1H3. The molecule has 4 heteroatoms. The maximum absolute atomic E-state index is 12.6. The van der Waals surface area contributed by atoms with E-state index in [-0.39, 0.29) is 5.82 Å². The quantitative estimate of drug-likeness (QED) is 0.788. The molecular weight excluding hydrogens is 207 g/mol. The maximum atomic E-state index is 12.6. The van der Waals surface area contributed by atoms with Gasteiger partial charge in [-0.25, -0.2) is 9.37 Å². The van der Waals surface area contributed by atoms with Crippen molar-refractivity contribution < 1.29 is 9.13 Å². The fourth-order valence-electron chi connectivity index (χ4n) is 1.26. The van der Waals surface area contributed by atoms with E-state index in [9.17, 15) is 4.39 Å². The Bertz CT molecular complexity index is 497. The number of rotatable bonds is 2. The number of aryl methyl sites for hydroxylation is 1. The predicted octanol–water partition coefficient (Wildman–Crippen LogP) is 2.90. The molecule has 0 amide bonds. The Morgan fingerprint density at radius 2 is 2.06 bits per heavy atom. The first-order chi connectivity index (χ1) is 7.65. The van der Waals surface area contributed by atoms with Gasteiger partial charge in [-0.1, -0.05) is 0 Å². The van der Waals surface area contributed by atoms with Gasteiger partial charge in [0.15, 0.2) is 0 Å². The van der Waals surface area contributed by atoms with Crippen LogP contribution >= 0.6 is 0 Å². The molecule has 0 aliphatic rings. The van der Waals surface area contributed by atoms with Crippen LogP contribution in [0.4, 0.5) is 10.1 Å². The van der Waals surface area contributed by atoms with Crippen molar-refractivity contribution in [2.24, 2.45) is 0 Å². The molecule has 16 heavy (non-hydrogen) atoms. The highest BCUT2D eigenvalue weighted by molar-refractivity contribution is 5.50. The summed E-state index contributed by atoms with van der Waals surface area (Å²) in [5.41, 5.74) is 7.32. The van der Waals surface area contributed by atoms with Crippen LogP contribution in [0.15, 0.2) is 36.5 Å². The number of anilines is 1. The monoisotopic (exact) mass is 218 g/mol. The lowest BCUT2D eigenvalue weighted by Crippen LogP contribution is -1.92. The van der Waals surface area contributed by atoms with Crippen LogP contribution in [0.2, 0.25) is 0 Å². The van der Waals surface area contributed by atoms with Crippen LogP contribution in [-0.2, 0) is 0 Å². The predicted molar refractivity (Wildman–Crippen MR) is 59.9 cm³/mol. The number of hydrogen-bond donors (Lipinski definition) is 1. The van der Waals surface area contributed by atoms with Gasteiger partial charge < -0.3 is 10.5 Å². The summed E-state index contributed by atoms with van der Waals surface area (Å²) in [6.07, 6.45) is 1.11. The van der Waals surface area contributed by atoms with Crippen LogP contribution in [0, 0.1) is 12.7 Å². The smallest absolute Gasteiger partial charge is 0.219 e. The minimum Gasteiger partial charge on any atom is -0.439 e. The maximum Gasteiger partial charge on any atom is 0.219 e. The Hall–Kier alpha value is -2.10. The van der Waals surface area contributed by atoms with E-state index in [1.807, 2.05) is 6.92 Å². The van der Waals surface area contributed by atoms with Crippen molar-refractivity contribution in [3.05, 3.63) is 47.9 Å². The number of hydrogen-bond acceptors (Lipinski definition) is 3. The lowest BCUT2D eigenvalue weighted by molar-refractivity contribution is 0.459. The molecule has 1 aromatic carbocycles. The molecule has 1 aromatic heterocycles. The molecule has 0 fully saturated rings. The highest BCUT2D eigenvalue weighted by Crippen LogP contribution is 2.23. The molecule has 0 aliphatic heterocycles. The van der Waals surface area contributed by atoms with Gasteiger partial charge in [-0.3, -0.25) is 0 Å². The second-order valence-corrected chi connectivity index (χ2v) is 3.44. The third kappa shape index (κ3) is 2.28. The lowest BCUT2D eigenvalue weighted by Gasteiger charge is -2.06. The molecule has 0 spiro atoms. The summed E-state index contributed by atoms with van der Waals surface area (Å²) < 4.78 is 18.0. The summed E-state index contributed by atoms with van der Waals surface area (Å²) in [5, 5.41) is 0. The molecule has 0 saturated carbocycles. The average Bonchev–Trinajstić information content (AvgIpc) is 2.27. The van der Waals surface area contributed by atoms with E-state index in [2.05, 4.69) is 4.98 Å². The van der Waals surface area contributed by atoms with E-state index in [1.165, 1.54) is 12.1 Å². The summed E-state index contributed by atoms with van der Waals surface area (Å²) in [6.45, 7) is 1.89. The summed E-state index contributed by atoms with van der Waals surface area (Å²) in [4.78, 5) is 3.80. The van der Waals surface area contributed by atoms with E-state index in [4.69, 9.17) is 10.5 Å². The Balaban J connectivity index is 2.20. The summed E-state index contributed by atoms with van der Waals surface area (Å²) in [5.74, 6) is 0.595. The Kier molecular flexibility index (Phi) is 2.72. The topological polar surface area (TPSA) is 48.1 Å². The van der Waals surface area contributed by atoms with E-state index in [0.29, 0.717) is 17.3 Å². The number of halogens is 1. The number of nitrogens with zero attached hydrogens (tertiary/aromatic N) is 1. The van der Waals surface area contributed by atoms with Crippen molar-refractivity contribution in [2.75, 3.05) is 5.73 Å². The highest BCUT2D eigenvalue weighted by atomic mass is 19.1. The van der Waals surface area contributed by atoms with E-state index >= 15 is 0 Å². The molecule has 0 atom stereocenters. The van der Waals surface area contributed by atoms with Gasteiger partial charge in [-0.15, -0.1) is 0 Å².